The molecule has 0 aliphatic rings. The third-order valence-corrected chi connectivity index (χ3v) is 2.70. The lowest BCUT2D eigenvalue weighted by molar-refractivity contribution is 0.616. The number of rotatable bonds is 2. The van der Waals surface area contributed by atoms with Gasteiger partial charge >= 0.3 is 0 Å². The smallest absolute Gasteiger partial charge is 0.151 e. The first kappa shape index (κ1) is 12.1. The van der Waals surface area contributed by atoms with Crippen LogP contribution in [0.5, 0.6) is 0 Å². The Morgan fingerprint density at radius 1 is 1.40 bits per heavy atom. The van der Waals surface area contributed by atoms with E-state index in [4.69, 9.17) is 15.6 Å². The molecule has 0 bridgehead atoms. The fourth-order valence-electron chi connectivity index (χ4n) is 1.27. The van der Waals surface area contributed by atoms with E-state index in [2.05, 4.69) is 6.07 Å². The highest BCUT2D eigenvalue weighted by Gasteiger charge is 1.99. The van der Waals surface area contributed by atoms with Gasteiger partial charge in [0.15, 0.2) is 5.17 Å². The molecule has 0 radical (unpaired) electrons. The molecule has 0 saturated heterocycles. The zero-order valence-corrected chi connectivity index (χ0v) is 10.4. The lowest BCUT2D eigenvalue weighted by Crippen LogP contribution is -2.03. The molecule has 0 atom stereocenters. The minimum atomic E-state index is 0. The van der Waals surface area contributed by atoms with Crippen molar-refractivity contribution < 1.29 is 4.42 Å². The second-order valence-corrected chi connectivity index (χ2v) is 3.96. The van der Waals surface area contributed by atoms with Gasteiger partial charge in [-0.1, -0.05) is 17.8 Å². The van der Waals surface area contributed by atoms with Crippen LogP contribution in [0.1, 0.15) is 5.56 Å². The number of hydrogen-bond acceptors (Lipinski definition) is 3. The maximum atomic E-state index is 7.10. The summed E-state index contributed by atoms with van der Waals surface area (Å²) in [4.78, 5) is 0. The van der Waals surface area contributed by atoms with Crippen LogP contribution in [0.3, 0.4) is 0 Å². The Labute approximate surface area is 102 Å². The molecule has 3 nitrogen and oxygen atoms in total. The van der Waals surface area contributed by atoms with Gasteiger partial charge in [-0.25, -0.2) is 0 Å². The average molecular weight is 287 g/mol. The number of furan rings is 1. The van der Waals surface area contributed by atoms with E-state index in [0.29, 0.717) is 0 Å². The number of halogens is 1. The van der Waals surface area contributed by atoms with E-state index in [-0.39, 0.29) is 22.1 Å². The van der Waals surface area contributed by atoms with Crippen molar-refractivity contribution in [1.82, 2.24) is 0 Å². The van der Waals surface area contributed by atoms with Crippen LogP contribution in [0, 0.1) is 5.41 Å². The topological polar surface area (TPSA) is 63.0 Å². The molecule has 0 amide bonds. The highest BCUT2D eigenvalue weighted by molar-refractivity contribution is 8.93. The van der Waals surface area contributed by atoms with E-state index in [1.54, 1.807) is 6.26 Å². The number of amidine groups is 1. The summed E-state index contributed by atoms with van der Waals surface area (Å²) in [6.07, 6.45) is 1.67. The summed E-state index contributed by atoms with van der Waals surface area (Å²) >= 11 is 1.33. The van der Waals surface area contributed by atoms with Gasteiger partial charge < -0.3 is 10.2 Å². The van der Waals surface area contributed by atoms with Gasteiger partial charge in [0.05, 0.1) is 6.26 Å². The Balaban J connectivity index is 0.00000112. The van der Waals surface area contributed by atoms with Crippen molar-refractivity contribution in [3.8, 4) is 0 Å². The van der Waals surface area contributed by atoms with Crippen LogP contribution in [-0.4, -0.2) is 5.17 Å². The maximum Gasteiger partial charge on any atom is 0.151 e. The third kappa shape index (κ3) is 3.00. The number of nitrogens with one attached hydrogen (secondary N) is 1. The van der Waals surface area contributed by atoms with Crippen molar-refractivity contribution in [2.24, 2.45) is 5.73 Å². The molecular formula is C10H11BrN2OS. The van der Waals surface area contributed by atoms with Crippen LogP contribution >= 0.6 is 28.7 Å². The van der Waals surface area contributed by atoms with Crippen LogP contribution in [0.15, 0.2) is 34.9 Å². The van der Waals surface area contributed by atoms with Gasteiger partial charge in [-0.15, -0.1) is 17.0 Å². The fraction of sp³-hybridized carbons (Fsp3) is 0.100. The number of nitrogens with two attached hydrogens (primary N) is 1. The van der Waals surface area contributed by atoms with Crippen LogP contribution in [-0.2, 0) is 5.75 Å². The molecular weight excluding hydrogens is 276 g/mol. The van der Waals surface area contributed by atoms with Gasteiger partial charge in [0.25, 0.3) is 0 Å². The molecule has 0 fully saturated rings. The summed E-state index contributed by atoms with van der Waals surface area (Å²) in [5.74, 6) is 0.733. The first-order valence-corrected chi connectivity index (χ1v) is 5.17. The molecule has 5 heteroatoms. The largest absolute Gasteiger partial charge is 0.464 e. The van der Waals surface area contributed by atoms with Crippen molar-refractivity contribution in [3.63, 3.8) is 0 Å². The van der Waals surface area contributed by atoms with E-state index >= 15 is 0 Å². The Morgan fingerprint density at radius 2 is 2.20 bits per heavy atom. The quantitative estimate of drug-likeness (QED) is 0.659. The highest BCUT2D eigenvalue weighted by Crippen LogP contribution is 2.19. The van der Waals surface area contributed by atoms with Gasteiger partial charge in [0.1, 0.15) is 5.58 Å². The second-order valence-electron chi connectivity index (χ2n) is 2.95. The van der Waals surface area contributed by atoms with Gasteiger partial charge in [0.2, 0.25) is 0 Å². The van der Waals surface area contributed by atoms with Gasteiger partial charge in [-0.3, -0.25) is 5.41 Å². The molecule has 0 spiro atoms. The highest BCUT2D eigenvalue weighted by atomic mass is 79.9. The normalized spacial score (nSPS) is 9.87. The van der Waals surface area contributed by atoms with E-state index in [1.807, 2.05) is 18.2 Å². The number of thioether (sulfide) groups is 1. The summed E-state index contributed by atoms with van der Waals surface area (Å²) in [7, 11) is 0. The Bertz CT molecular complexity index is 469. The summed E-state index contributed by atoms with van der Waals surface area (Å²) < 4.78 is 5.22. The van der Waals surface area contributed by atoms with Crippen LogP contribution < -0.4 is 5.73 Å². The maximum absolute atomic E-state index is 7.10. The average Bonchev–Trinajstić information content (AvgIpc) is 2.61. The summed E-state index contributed by atoms with van der Waals surface area (Å²) in [5, 5.41) is 8.34. The minimum Gasteiger partial charge on any atom is -0.464 e. The van der Waals surface area contributed by atoms with E-state index in [9.17, 15) is 0 Å². The van der Waals surface area contributed by atoms with Gasteiger partial charge in [-0.2, -0.15) is 0 Å². The Morgan fingerprint density at radius 3 is 2.93 bits per heavy atom. The molecule has 2 rings (SSSR count). The van der Waals surface area contributed by atoms with E-state index < -0.39 is 0 Å². The monoisotopic (exact) mass is 286 g/mol. The van der Waals surface area contributed by atoms with E-state index in [1.165, 1.54) is 11.8 Å². The van der Waals surface area contributed by atoms with Crippen LogP contribution in [0.2, 0.25) is 0 Å². The van der Waals surface area contributed by atoms with Crippen molar-refractivity contribution in [2.75, 3.05) is 0 Å². The first-order valence-electron chi connectivity index (χ1n) is 4.18. The van der Waals surface area contributed by atoms with Crippen molar-refractivity contribution in [1.29, 1.82) is 5.41 Å². The predicted molar refractivity (Wildman–Crippen MR) is 69.7 cm³/mol. The van der Waals surface area contributed by atoms with Gasteiger partial charge in [-0.05, 0) is 23.8 Å². The SMILES string of the molecule is Br.N=C(N)SCc1ccc2occc2c1. The molecule has 0 unspecified atom stereocenters. The molecule has 3 N–H and O–H groups in total. The zero-order chi connectivity index (χ0) is 9.97. The van der Waals surface area contributed by atoms with Crippen molar-refractivity contribution in [2.45, 2.75) is 5.75 Å². The Kier molecular flexibility index (Phi) is 4.23. The zero-order valence-electron chi connectivity index (χ0n) is 7.90. The lowest BCUT2D eigenvalue weighted by Gasteiger charge is -1.99. The fourth-order valence-corrected chi connectivity index (χ4v) is 1.77. The summed E-state index contributed by atoms with van der Waals surface area (Å²) in [6.45, 7) is 0. The molecule has 0 aliphatic carbocycles. The molecule has 1 aromatic carbocycles. The number of hydrogen-bond donors (Lipinski definition) is 2. The molecule has 1 heterocycles. The Hall–Kier alpha value is -0.940. The van der Waals surface area contributed by atoms with Gasteiger partial charge in [0, 0.05) is 11.1 Å². The lowest BCUT2D eigenvalue weighted by atomic mass is 10.2. The number of fused-ring (bicyclic) bond motifs is 1. The second kappa shape index (κ2) is 5.23. The standard InChI is InChI=1S/C10H10N2OS.BrH/c11-10(12)14-6-7-1-2-9-8(5-7)3-4-13-9;/h1-5H,6H2,(H3,11,12);1H. The predicted octanol–water partition coefficient (Wildman–Crippen LogP) is 3.14. The minimum absolute atomic E-state index is 0. The van der Waals surface area contributed by atoms with E-state index in [0.717, 1.165) is 22.3 Å². The molecule has 15 heavy (non-hydrogen) atoms. The molecule has 0 saturated carbocycles. The van der Waals surface area contributed by atoms with Crippen LogP contribution in [0.4, 0.5) is 0 Å². The van der Waals surface area contributed by atoms with Crippen molar-refractivity contribution >= 4 is 44.9 Å². The molecule has 2 aromatic rings. The molecule has 0 aliphatic heterocycles. The third-order valence-electron chi connectivity index (χ3n) is 1.91. The molecule has 80 valence electrons. The summed E-state index contributed by atoms with van der Waals surface area (Å²) in [5.41, 5.74) is 7.30. The first-order chi connectivity index (χ1) is 6.75. The van der Waals surface area contributed by atoms with Crippen LogP contribution in [0.25, 0.3) is 11.0 Å². The summed E-state index contributed by atoms with van der Waals surface area (Å²) in [6, 6.07) is 7.90. The molecule has 1 aromatic heterocycles. The number of benzene rings is 1. The van der Waals surface area contributed by atoms with Crippen molar-refractivity contribution in [3.05, 3.63) is 36.1 Å².